The Hall–Kier alpha value is -1.62. The fourth-order valence-corrected chi connectivity index (χ4v) is 2.59. The smallest absolute Gasteiger partial charge is 0.269 e. The van der Waals surface area contributed by atoms with E-state index in [2.05, 4.69) is 23.6 Å². The second-order valence-electron chi connectivity index (χ2n) is 5.34. The van der Waals surface area contributed by atoms with Crippen LogP contribution in [0.5, 0.6) is 0 Å². The van der Waals surface area contributed by atoms with Gasteiger partial charge in [0.2, 0.25) is 0 Å². The van der Waals surface area contributed by atoms with Gasteiger partial charge in [-0.25, -0.2) is 0 Å². The number of non-ortho nitro benzene ring substituents is 1. The van der Waals surface area contributed by atoms with Crippen LogP contribution in [-0.4, -0.2) is 42.0 Å². The first-order chi connectivity index (χ1) is 11.0. The van der Waals surface area contributed by atoms with Crippen LogP contribution in [0, 0.1) is 17.0 Å². The summed E-state index contributed by atoms with van der Waals surface area (Å²) in [7, 11) is 0. The predicted octanol–water partition coefficient (Wildman–Crippen LogP) is 4.49. The number of nitrogens with zero attached hydrogens (tertiary/aromatic N) is 3. The van der Waals surface area contributed by atoms with Crippen LogP contribution >= 0.6 is 0 Å². The lowest BCUT2D eigenvalue weighted by Gasteiger charge is -2.38. The van der Waals surface area contributed by atoms with Crippen LogP contribution in [0.4, 0.5) is 11.4 Å². The Kier molecular flexibility index (Phi) is 10.2. The molecule has 0 saturated carbocycles. The minimum absolute atomic E-state index is 0.169. The molecule has 0 N–H and O–H groups in total. The maximum atomic E-state index is 10.7. The average molecular weight is 323 g/mol. The molecule has 0 unspecified atom stereocenters. The van der Waals surface area contributed by atoms with Crippen molar-refractivity contribution >= 4 is 11.4 Å². The molecule has 0 amide bonds. The summed E-state index contributed by atoms with van der Waals surface area (Å²) in [5.41, 5.74) is 2.27. The Balaban J connectivity index is 0.00000112. The monoisotopic (exact) mass is 323 g/mol. The van der Waals surface area contributed by atoms with Gasteiger partial charge < -0.3 is 4.90 Å². The van der Waals surface area contributed by atoms with Gasteiger partial charge in [0.15, 0.2) is 0 Å². The SMILES string of the molecule is CC.CC.Cc1cc([N+](=O)[O-])ccc1N1CCN(C(C)C)CC1. The summed E-state index contributed by atoms with van der Waals surface area (Å²) in [5, 5.41) is 10.7. The van der Waals surface area contributed by atoms with Crippen molar-refractivity contribution < 1.29 is 4.92 Å². The van der Waals surface area contributed by atoms with Crippen molar-refractivity contribution in [2.75, 3.05) is 31.1 Å². The van der Waals surface area contributed by atoms with Crippen LogP contribution in [0.2, 0.25) is 0 Å². The Labute approximate surface area is 141 Å². The van der Waals surface area contributed by atoms with Crippen molar-refractivity contribution in [3.05, 3.63) is 33.9 Å². The Morgan fingerprint density at radius 1 is 1.04 bits per heavy atom. The third kappa shape index (κ3) is 6.18. The molecule has 132 valence electrons. The zero-order valence-corrected chi connectivity index (χ0v) is 15.8. The van der Waals surface area contributed by atoms with E-state index in [-0.39, 0.29) is 10.6 Å². The van der Waals surface area contributed by atoms with Crippen molar-refractivity contribution in [1.29, 1.82) is 0 Å². The molecule has 5 heteroatoms. The van der Waals surface area contributed by atoms with E-state index in [9.17, 15) is 10.1 Å². The molecule has 1 saturated heterocycles. The second-order valence-corrected chi connectivity index (χ2v) is 5.34. The molecule has 5 nitrogen and oxygen atoms in total. The molecule has 0 radical (unpaired) electrons. The fraction of sp³-hybridized carbons (Fsp3) is 0.667. The molecule has 1 fully saturated rings. The topological polar surface area (TPSA) is 49.6 Å². The lowest BCUT2D eigenvalue weighted by atomic mass is 10.1. The van der Waals surface area contributed by atoms with E-state index >= 15 is 0 Å². The summed E-state index contributed by atoms with van der Waals surface area (Å²) in [5.74, 6) is 0. The molecule has 1 aliphatic rings. The van der Waals surface area contributed by atoms with E-state index < -0.39 is 0 Å². The molecule has 0 aliphatic carbocycles. The number of piperazine rings is 1. The number of rotatable bonds is 3. The highest BCUT2D eigenvalue weighted by molar-refractivity contribution is 5.57. The summed E-state index contributed by atoms with van der Waals surface area (Å²) in [6.07, 6.45) is 0. The van der Waals surface area contributed by atoms with Gasteiger partial charge in [-0.05, 0) is 32.4 Å². The van der Waals surface area contributed by atoms with Crippen molar-refractivity contribution in [1.82, 2.24) is 4.90 Å². The number of anilines is 1. The zero-order chi connectivity index (χ0) is 18.0. The number of nitro groups is 1. The standard InChI is InChI=1S/C14H21N3O2.2C2H6/c1-11(2)15-6-8-16(9-7-15)14-5-4-13(17(18)19)10-12(14)3;2*1-2/h4-5,10-11H,6-9H2,1-3H3;2*1-2H3. The molecule has 0 bridgehead atoms. The van der Waals surface area contributed by atoms with E-state index in [4.69, 9.17) is 0 Å². The van der Waals surface area contributed by atoms with Gasteiger partial charge in [0.05, 0.1) is 4.92 Å². The molecular formula is C18H33N3O2. The number of nitro benzene ring substituents is 1. The van der Waals surface area contributed by atoms with Crippen LogP contribution in [0.1, 0.15) is 47.1 Å². The van der Waals surface area contributed by atoms with E-state index in [1.807, 2.05) is 40.7 Å². The van der Waals surface area contributed by atoms with Gasteiger partial charge in [0.25, 0.3) is 5.69 Å². The minimum atomic E-state index is -0.340. The normalized spacial score (nSPS) is 14.5. The second kappa shape index (κ2) is 11.0. The van der Waals surface area contributed by atoms with E-state index in [0.717, 1.165) is 37.4 Å². The highest BCUT2D eigenvalue weighted by atomic mass is 16.6. The van der Waals surface area contributed by atoms with Gasteiger partial charge in [-0.2, -0.15) is 0 Å². The van der Waals surface area contributed by atoms with Crippen LogP contribution in [0.3, 0.4) is 0 Å². The summed E-state index contributed by atoms with van der Waals surface area (Å²) >= 11 is 0. The van der Waals surface area contributed by atoms with Crippen LogP contribution in [-0.2, 0) is 0 Å². The number of hydrogen-bond acceptors (Lipinski definition) is 4. The Bertz CT molecular complexity index is 467. The molecule has 1 aromatic carbocycles. The molecule has 2 rings (SSSR count). The van der Waals surface area contributed by atoms with Gasteiger partial charge in [0, 0.05) is 50.0 Å². The molecular weight excluding hydrogens is 290 g/mol. The summed E-state index contributed by atoms with van der Waals surface area (Å²) in [4.78, 5) is 15.2. The maximum absolute atomic E-state index is 10.7. The van der Waals surface area contributed by atoms with Gasteiger partial charge in [0.1, 0.15) is 0 Å². The molecule has 1 aliphatic heterocycles. The minimum Gasteiger partial charge on any atom is -0.369 e. The molecule has 1 aromatic rings. The van der Waals surface area contributed by atoms with Gasteiger partial charge in [-0.3, -0.25) is 15.0 Å². The van der Waals surface area contributed by atoms with Crippen molar-refractivity contribution in [2.45, 2.75) is 54.5 Å². The third-order valence-corrected chi connectivity index (χ3v) is 3.78. The summed E-state index contributed by atoms with van der Waals surface area (Å²) < 4.78 is 0. The van der Waals surface area contributed by atoms with Crippen LogP contribution < -0.4 is 4.90 Å². The average Bonchev–Trinajstić information content (AvgIpc) is 2.58. The molecule has 23 heavy (non-hydrogen) atoms. The van der Waals surface area contributed by atoms with Gasteiger partial charge >= 0.3 is 0 Å². The Morgan fingerprint density at radius 3 is 1.96 bits per heavy atom. The van der Waals surface area contributed by atoms with Crippen molar-refractivity contribution in [3.63, 3.8) is 0 Å². The number of benzene rings is 1. The van der Waals surface area contributed by atoms with E-state index in [1.165, 1.54) is 0 Å². The van der Waals surface area contributed by atoms with E-state index in [1.54, 1.807) is 12.1 Å². The van der Waals surface area contributed by atoms with Gasteiger partial charge in [-0.15, -0.1) is 0 Å². The first-order valence-electron chi connectivity index (χ1n) is 8.73. The largest absolute Gasteiger partial charge is 0.369 e. The molecule has 1 heterocycles. The van der Waals surface area contributed by atoms with Crippen molar-refractivity contribution in [3.8, 4) is 0 Å². The van der Waals surface area contributed by atoms with E-state index in [0.29, 0.717) is 6.04 Å². The fourth-order valence-electron chi connectivity index (χ4n) is 2.59. The highest BCUT2D eigenvalue weighted by Crippen LogP contribution is 2.25. The molecule has 0 aromatic heterocycles. The maximum Gasteiger partial charge on any atom is 0.269 e. The van der Waals surface area contributed by atoms with Crippen LogP contribution in [0.15, 0.2) is 18.2 Å². The van der Waals surface area contributed by atoms with Crippen molar-refractivity contribution in [2.24, 2.45) is 0 Å². The number of aryl methyl sites for hydroxylation is 1. The molecule has 0 spiro atoms. The van der Waals surface area contributed by atoms with Gasteiger partial charge in [-0.1, -0.05) is 27.7 Å². The molecule has 0 atom stereocenters. The zero-order valence-electron chi connectivity index (χ0n) is 15.8. The van der Waals surface area contributed by atoms with Crippen LogP contribution in [0.25, 0.3) is 0 Å². The quantitative estimate of drug-likeness (QED) is 0.607. The Morgan fingerprint density at radius 2 is 1.57 bits per heavy atom. The number of hydrogen-bond donors (Lipinski definition) is 0. The first-order valence-corrected chi connectivity index (χ1v) is 8.73. The summed E-state index contributed by atoms with van der Waals surface area (Å²) in [6, 6.07) is 5.71. The summed E-state index contributed by atoms with van der Waals surface area (Å²) in [6.45, 7) is 18.4. The third-order valence-electron chi connectivity index (χ3n) is 3.78. The lowest BCUT2D eigenvalue weighted by molar-refractivity contribution is -0.384. The predicted molar refractivity (Wildman–Crippen MR) is 99.5 cm³/mol. The highest BCUT2D eigenvalue weighted by Gasteiger charge is 2.20. The lowest BCUT2D eigenvalue weighted by Crippen LogP contribution is -2.49. The first kappa shape index (κ1) is 21.4.